The maximum Gasteiger partial charge on any atom is 0.0246 e. The Labute approximate surface area is 108 Å². The predicted molar refractivity (Wildman–Crippen MR) is 76.4 cm³/mol. The monoisotopic (exact) mass is 240 g/mol. The van der Waals surface area contributed by atoms with Crippen LogP contribution in [0.2, 0.25) is 0 Å². The Hall–Kier alpha value is -0.0800. The quantitative estimate of drug-likeness (QED) is 0.687. The molecule has 0 aromatic heterocycles. The fourth-order valence-corrected chi connectivity index (χ4v) is 2.94. The minimum Gasteiger partial charge on any atom is -0.314 e. The van der Waals surface area contributed by atoms with E-state index >= 15 is 0 Å². The van der Waals surface area contributed by atoms with E-state index in [4.69, 9.17) is 0 Å². The van der Waals surface area contributed by atoms with Crippen LogP contribution in [0.1, 0.15) is 59.8 Å². The number of rotatable bonds is 7. The van der Waals surface area contributed by atoms with Crippen LogP contribution in [0.4, 0.5) is 0 Å². The Bertz CT molecular complexity index is 191. The first-order valence-corrected chi connectivity index (χ1v) is 7.63. The van der Waals surface area contributed by atoms with E-state index in [-0.39, 0.29) is 0 Å². The molecule has 2 heteroatoms. The maximum atomic E-state index is 3.54. The zero-order valence-corrected chi connectivity index (χ0v) is 12.3. The lowest BCUT2D eigenvalue weighted by Gasteiger charge is -2.42. The van der Waals surface area contributed by atoms with Crippen LogP contribution in [-0.2, 0) is 0 Å². The summed E-state index contributed by atoms with van der Waals surface area (Å²) in [6, 6.07) is 1.51. The predicted octanol–water partition coefficient (Wildman–Crippen LogP) is 3.28. The van der Waals surface area contributed by atoms with Crippen LogP contribution >= 0.6 is 0 Å². The molecule has 1 heterocycles. The summed E-state index contributed by atoms with van der Waals surface area (Å²) < 4.78 is 0. The smallest absolute Gasteiger partial charge is 0.0246 e. The van der Waals surface area contributed by atoms with Crippen LogP contribution in [0.25, 0.3) is 0 Å². The second kappa shape index (κ2) is 8.10. The first kappa shape index (κ1) is 15.0. The lowest BCUT2D eigenvalue weighted by atomic mass is 9.97. The highest BCUT2D eigenvalue weighted by Gasteiger charge is 2.27. The number of piperazine rings is 1. The van der Waals surface area contributed by atoms with Gasteiger partial charge in [0.1, 0.15) is 0 Å². The van der Waals surface area contributed by atoms with E-state index in [1.807, 2.05) is 0 Å². The van der Waals surface area contributed by atoms with Gasteiger partial charge in [0.2, 0.25) is 0 Å². The first-order valence-electron chi connectivity index (χ1n) is 7.63. The summed E-state index contributed by atoms with van der Waals surface area (Å²) in [6.45, 7) is 13.0. The van der Waals surface area contributed by atoms with Crippen LogP contribution < -0.4 is 5.32 Å². The molecule has 0 aromatic carbocycles. The number of hydrogen-bond acceptors (Lipinski definition) is 2. The van der Waals surface area contributed by atoms with Crippen molar-refractivity contribution in [1.82, 2.24) is 10.2 Å². The lowest BCUT2D eigenvalue weighted by Crippen LogP contribution is -2.56. The summed E-state index contributed by atoms with van der Waals surface area (Å²) in [4.78, 5) is 2.74. The Morgan fingerprint density at radius 1 is 1.18 bits per heavy atom. The second-order valence-electron chi connectivity index (χ2n) is 5.95. The van der Waals surface area contributed by atoms with Crippen LogP contribution in [-0.4, -0.2) is 36.6 Å². The van der Waals surface area contributed by atoms with Crippen LogP contribution in [0.15, 0.2) is 0 Å². The topological polar surface area (TPSA) is 15.3 Å². The number of nitrogens with zero attached hydrogens (tertiary/aromatic N) is 1. The molecule has 1 rings (SSSR count). The van der Waals surface area contributed by atoms with E-state index in [1.165, 1.54) is 51.7 Å². The van der Waals surface area contributed by atoms with Gasteiger partial charge in [-0.1, -0.05) is 46.5 Å². The van der Waals surface area contributed by atoms with Gasteiger partial charge in [-0.05, 0) is 19.3 Å². The van der Waals surface area contributed by atoms with Gasteiger partial charge in [0.05, 0.1) is 0 Å². The van der Waals surface area contributed by atoms with Gasteiger partial charge < -0.3 is 5.32 Å². The van der Waals surface area contributed by atoms with Gasteiger partial charge in [-0.2, -0.15) is 0 Å². The lowest BCUT2D eigenvalue weighted by molar-refractivity contribution is 0.0792. The third kappa shape index (κ3) is 4.97. The van der Waals surface area contributed by atoms with E-state index < -0.39 is 0 Å². The number of hydrogen-bond donors (Lipinski definition) is 1. The molecule has 2 unspecified atom stereocenters. The summed E-state index contributed by atoms with van der Waals surface area (Å²) in [5.74, 6) is 0.765. The SMILES string of the molecule is CCCCCCC(C)N1CCNCC1C(C)C. The van der Waals surface area contributed by atoms with E-state index in [9.17, 15) is 0 Å². The molecule has 1 aliphatic heterocycles. The minimum atomic E-state index is 0.741. The average molecular weight is 240 g/mol. The molecule has 2 nitrogen and oxygen atoms in total. The largest absolute Gasteiger partial charge is 0.314 e. The molecule has 0 radical (unpaired) electrons. The fourth-order valence-electron chi connectivity index (χ4n) is 2.94. The third-order valence-corrected chi connectivity index (χ3v) is 4.14. The molecule has 1 saturated heterocycles. The van der Waals surface area contributed by atoms with E-state index in [2.05, 4.69) is 37.9 Å². The summed E-state index contributed by atoms with van der Waals surface area (Å²) in [6.07, 6.45) is 6.95. The standard InChI is InChI=1S/C15H32N2/c1-5-6-7-8-9-14(4)17-11-10-16-12-15(17)13(2)3/h13-16H,5-12H2,1-4H3. The first-order chi connectivity index (χ1) is 8.16. The normalized spacial score (nSPS) is 24.2. The van der Waals surface area contributed by atoms with Crippen molar-refractivity contribution < 1.29 is 0 Å². The summed E-state index contributed by atoms with van der Waals surface area (Å²) >= 11 is 0. The maximum absolute atomic E-state index is 3.54. The molecular weight excluding hydrogens is 208 g/mol. The summed E-state index contributed by atoms with van der Waals surface area (Å²) in [7, 11) is 0. The Balaban J connectivity index is 2.33. The highest BCUT2D eigenvalue weighted by atomic mass is 15.2. The Morgan fingerprint density at radius 3 is 2.59 bits per heavy atom. The minimum absolute atomic E-state index is 0.741. The van der Waals surface area contributed by atoms with E-state index in [0.717, 1.165) is 18.0 Å². The zero-order valence-electron chi connectivity index (χ0n) is 12.3. The van der Waals surface area contributed by atoms with Gasteiger partial charge in [-0.15, -0.1) is 0 Å². The van der Waals surface area contributed by atoms with Crippen LogP contribution in [0.5, 0.6) is 0 Å². The van der Waals surface area contributed by atoms with Crippen molar-refractivity contribution in [3.8, 4) is 0 Å². The fraction of sp³-hybridized carbons (Fsp3) is 1.00. The third-order valence-electron chi connectivity index (χ3n) is 4.14. The molecule has 0 saturated carbocycles. The van der Waals surface area contributed by atoms with Crippen molar-refractivity contribution in [1.29, 1.82) is 0 Å². The molecule has 102 valence electrons. The second-order valence-corrected chi connectivity index (χ2v) is 5.95. The van der Waals surface area contributed by atoms with Gasteiger partial charge in [-0.3, -0.25) is 4.90 Å². The van der Waals surface area contributed by atoms with Gasteiger partial charge >= 0.3 is 0 Å². The summed E-state index contributed by atoms with van der Waals surface area (Å²) in [5, 5.41) is 3.54. The molecule has 0 bridgehead atoms. The molecule has 0 aromatic rings. The molecule has 17 heavy (non-hydrogen) atoms. The molecule has 0 spiro atoms. The summed E-state index contributed by atoms with van der Waals surface area (Å²) in [5.41, 5.74) is 0. The highest BCUT2D eigenvalue weighted by molar-refractivity contribution is 4.85. The van der Waals surface area contributed by atoms with Crippen molar-refractivity contribution in [2.75, 3.05) is 19.6 Å². The Kier molecular flexibility index (Phi) is 7.14. The van der Waals surface area contributed by atoms with E-state index in [0.29, 0.717) is 0 Å². The van der Waals surface area contributed by atoms with Crippen LogP contribution in [0, 0.1) is 5.92 Å². The molecule has 0 aliphatic carbocycles. The molecule has 1 aliphatic rings. The van der Waals surface area contributed by atoms with Crippen molar-refractivity contribution in [3.63, 3.8) is 0 Å². The molecular formula is C15H32N2. The highest BCUT2D eigenvalue weighted by Crippen LogP contribution is 2.19. The van der Waals surface area contributed by atoms with Crippen LogP contribution in [0.3, 0.4) is 0 Å². The van der Waals surface area contributed by atoms with Gasteiger partial charge in [0.15, 0.2) is 0 Å². The Morgan fingerprint density at radius 2 is 1.94 bits per heavy atom. The number of unbranched alkanes of at least 4 members (excludes halogenated alkanes) is 3. The number of nitrogens with one attached hydrogen (secondary N) is 1. The van der Waals surface area contributed by atoms with Gasteiger partial charge in [0.25, 0.3) is 0 Å². The molecule has 1 fully saturated rings. The van der Waals surface area contributed by atoms with Crippen molar-refractivity contribution in [3.05, 3.63) is 0 Å². The average Bonchev–Trinajstić information content (AvgIpc) is 2.34. The molecule has 0 amide bonds. The van der Waals surface area contributed by atoms with Crippen molar-refractivity contribution in [2.45, 2.75) is 71.9 Å². The molecule has 1 N–H and O–H groups in total. The zero-order chi connectivity index (χ0) is 12.7. The molecule has 2 atom stereocenters. The van der Waals surface area contributed by atoms with Gasteiger partial charge in [-0.25, -0.2) is 0 Å². The van der Waals surface area contributed by atoms with Crippen molar-refractivity contribution >= 4 is 0 Å². The van der Waals surface area contributed by atoms with Crippen molar-refractivity contribution in [2.24, 2.45) is 5.92 Å². The van der Waals surface area contributed by atoms with E-state index in [1.54, 1.807) is 0 Å². The van der Waals surface area contributed by atoms with Gasteiger partial charge in [0, 0.05) is 31.7 Å².